The molecule has 0 spiro atoms. The molecular formula is C34H36F3N3. The molecule has 1 aliphatic rings. The number of allylic oxidation sites excluding steroid dienone is 8. The van der Waals surface area contributed by atoms with Gasteiger partial charge in [-0.1, -0.05) is 36.9 Å². The molecule has 6 heteroatoms. The molecule has 0 atom stereocenters. The number of rotatable bonds is 11. The molecular weight excluding hydrogens is 507 g/mol. The zero-order valence-electron chi connectivity index (χ0n) is 23.2. The highest BCUT2D eigenvalue weighted by Gasteiger charge is 2.33. The van der Waals surface area contributed by atoms with Gasteiger partial charge in [-0.15, -0.1) is 12.3 Å². The lowest BCUT2D eigenvalue weighted by Gasteiger charge is -2.31. The summed E-state index contributed by atoms with van der Waals surface area (Å²) in [6.45, 7) is 9.54. The fraction of sp³-hybridized carbons (Fsp3) is 0.294. The average Bonchev–Trinajstić information content (AvgIpc) is 2.94. The normalized spacial score (nSPS) is 16.7. The van der Waals surface area contributed by atoms with E-state index in [0.29, 0.717) is 32.5 Å². The number of hydrogen-bond acceptors (Lipinski definition) is 3. The quantitative estimate of drug-likeness (QED) is 0.161. The Hall–Kier alpha value is -3.95. The minimum atomic E-state index is -2.56. The molecule has 3 rings (SSSR count). The highest BCUT2D eigenvalue weighted by molar-refractivity contribution is 5.84. The van der Waals surface area contributed by atoms with Gasteiger partial charge >= 0.3 is 0 Å². The minimum Gasteiger partial charge on any atom is -0.299 e. The molecule has 3 nitrogen and oxygen atoms in total. The van der Waals surface area contributed by atoms with Crippen molar-refractivity contribution in [2.75, 3.05) is 13.1 Å². The summed E-state index contributed by atoms with van der Waals surface area (Å²) in [5, 5.41) is 0. The lowest BCUT2D eigenvalue weighted by molar-refractivity contribution is -0.0566. The standard InChI is InChI=1S/C34H36F3N3/c1-5-7-8-12-32(35)13-10-9-11-30(23-38-6-2)27(4)33-21-29(15-14-26(33)3)31-20-28(22-39-24-31)25-40-18-16-34(36,37)17-19-40/h1,6,8-9,11-15,20-24H,4,7,10,16-19,25H2,2-3H3/b11-9-,12-8-,30-23+,32-13+,38-6?. The largest absolute Gasteiger partial charge is 0.299 e. The highest BCUT2D eigenvalue weighted by atomic mass is 19.3. The molecule has 208 valence electrons. The van der Waals surface area contributed by atoms with Crippen LogP contribution < -0.4 is 0 Å². The van der Waals surface area contributed by atoms with Gasteiger partial charge in [-0.2, -0.15) is 0 Å². The zero-order valence-corrected chi connectivity index (χ0v) is 23.2. The van der Waals surface area contributed by atoms with Gasteiger partial charge in [-0.05, 0) is 78.0 Å². The van der Waals surface area contributed by atoms with Crippen molar-refractivity contribution in [3.63, 3.8) is 0 Å². The van der Waals surface area contributed by atoms with Gasteiger partial charge in [0.15, 0.2) is 0 Å². The maximum absolute atomic E-state index is 13.9. The maximum Gasteiger partial charge on any atom is 0.250 e. The summed E-state index contributed by atoms with van der Waals surface area (Å²) in [5.74, 6) is -0.460. The third-order valence-electron chi connectivity index (χ3n) is 6.65. The smallest absolute Gasteiger partial charge is 0.250 e. The Balaban J connectivity index is 1.79. The van der Waals surface area contributed by atoms with E-state index in [1.54, 1.807) is 24.7 Å². The Kier molecular flexibility index (Phi) is 11.5. The molecule has 0 amide bonds. The number of aliphatic imine (C=N–C) groups is 1. The van der Waals surface area contributed by atoms with Crippen LogP contribution in [0.2, 0.25) is 0 Å². The second kappa shape index (κ2) is 15.0. The summed E-state index contributed by atoms with van der Waals surface area (Å²) < 4.78 is 41.0. The van der Waals surface area contributed by atoms with Gasteiger partial charge in [0.05, 0.1) is 0 Å². The van der Waals surface area contributed by atoms with E-state index in [4.69, 9.17) is 6.42 Å². The van der Waals surface area contributed by atoms with Crippen molar-refractivity contribution in [2.45, 2.75) is 52.0 Å². The number of benzene rings is 1. The summed E-state index contributed by atoms with van der Waals surface area (Å²) in [7, 11) is 0. The summed E-state index contributed by atoms with van der Waals surface area (Å²) in [4.78, 5) is 10.8. The molecule has 0 radical (unpaired) electrons. The fourth-order valence-corrected chi connectivity index (χ4v) is 4.37. The molecule has 1 aliphatic heterocycles. The van der Waals surface area contributed by atoms with Gasteiger partial charge in [0.2, 0.25) is 0 Å². The molecule has 0 unspecified atom stereocenters. The predicted octanol–water partition coefficient (Wildman–Crippen LogP) is 8.66. The minimum absolute atomic E-state index is 0.106. The molecule has 0 aliphatic carbocycles. The van der Waals surface area contributed by atoms with E-state index in [0.717, 1.165) is 39.0 Å². The molecule has 1 aromatic heterocycles. The van der Waals surface area contributed by atoms with E-state index in [-0.39, 0.29) is 18.7 Å². The molecule has 2 aromatic rings. The van der Waals surface area contributed by atoms with Gasteiger partial charge in [-0.3, -0.25) is 14.9 Å². The van der Waals surface area contributed by atoms with Crippen LogP contribution in [0, 0.1) is 19.3 Å². The van der Waals surface area contributed by atoms with Crippen molar-refractivity contribution in [2.24, 2.45) is 4.99 Å². The molecule has 0 bridgehead atoms. The second-order valence-electron chi connectivity index (χ2n) is 9.75. The Bertz CT molecular complexity index is 1360. The summed E-state index contributed by atoms with van der Waals surface area (Å²) in [6, 6.07) is 8.22. The first-order valence-corrected chi connectivity index (χ1v) is 13.4. The van der Waals surface area contributed by atoms with Crippen LogP contribution in [-0.2, 0) is 6.54 Å². The number of piperidine rings is 1. The van der Waals surface area contributed by atoms with Crippen molar-refractivity contribution < 1.29 is 13.2 Å². The predicted molar refractivity (Wildman–Crippen MR) is 161 cm³/mol. The summed E-state index contributed by atoms with van der Waals surface area (Å²) in [5.41, 5.74) is 6.52. The Morgan fingerprint density at radius 2 is 1.93 bits per heavy atom. The average molecular weight is 544 g/mol. The van der Waals surface area contributed by atoms with Crippen molar-refractivity contribution in [3.05, 3.63) is 108 Å². The topological polar surface area (TPSA) is 28.5 Å². The van der Waals surface area contributed by atoms with Crippen LogP contribution in [0.25, 0.3) is 16.7 Å². The van der Waals surface area contributed by atoms with Crippen molar-refractivity contribution in [3.8, 4) is 23.5 Å². The van der Waals surface area contributed by atoms with E-state index in [9.17, 15) is 13.2 Å². The van der Waals surface area contributed by atoms with Gasteiger partial charge in [0, 0.05) is 69.3 Å². The SMILES string of the molecule is C#CC/C=C\C(F)=C/C/C=C\C(=C/N=CC)C(=C)c1cc(-c2cncc(CN3CCC(F)(F)CC3)c2)ccc1C. The van der Waals surface area contributed by atoms with Crippen LogP contribution >= 0.6 is 0 Å². The monoisotopic (exact) mass is 543 g/mol. The first kappa shape index (κ1) is 30.6. The Labute approximate surface area is 236 Å². The Morgan fingerprint density at radius 3 is 2.65 bits per heavy atom. The van der Waals surface area contributed by atoms with E-state index >= 15 is 0 Å². The molecule has 1 aromatic carbocycles. The summed E-state index contributed by atoms with van der Waals surface area (Å²) >= 11 is 0. The number of pyridine rings is 1. The number of aromatic nitrogens is 1. The summed E-state index contributed by atoms with van der Waals surface area (Å²) in [6.07, 6.45) is 21.0. The van der Waals surface area contributed by atoms with Crippen LogP contribution in [0.3, 0.4) is 0 Å². The molecule has 1 saturated heterocycles. The zero-order chi connectivity index (χ0) is 29.0. The molecule has 0 N–H and O–H groups in total. The first-order valence-electron chi connectivity index (χ1n) is 13.4. The third kappa shape index (κ3) is 9.36. The molecule has 0 saturated carbocycles. The number of terminal acetylenes is 1. The van der Waals surface area contributed by atoms with Crippen molar-refractivity contribution >= 4 is 11.8 Å². The van der Waals surface area contributed by atoms with Crippen LogP contribution in [0.4, 0.5) is 13.2 Å². The van der Waals surface area contributed by atoms with Gasteiger partial charge in [-0.25, -0.2) is 13.2 Å². The number of nitrogens with zero attached hydrogens (tertiary/aromatic N) is 3. The third-order valence-corrected chi connectivity index (χ3v) is 6.65. The number of halogens is 3. The molecule has 40 heavy (non-hydrogen) atoms. The van der Waals surface area contributed by atoms with Crippen LogP contribution in [0.5, 0.6) is 0 Å². The first-order chi connectivity index (χ1) is 19.2. The number of alkyl halides is 2. The van der Waals surface area contributed by atoms with Crippen LogP contribution in [-0.4, -0.2) is 35.1 Å². The lowest BCUT2D eigenvalue weighted by atomic mass is 9.92. The van der Waals surface area contributed by atoms with Crippen LogP contribution in [0.15, 0.2) is 96.2 Å². The van der Waals surface area contributed by atoms with Gasteiger partial charge in [0.1, 0.15) is 5.83 Å². The fourth-order valence-electron chi connectivity index (χ4n) is 4.37. The number of aryl methyl sites for hydroxylation is 1. The van der Waals surface area contributed by atoms with Gasteiger partial charge < -0.3 is 0 Å². The van der Waals surface area contributed by atoms with Crippen molar-refractivity contribution in [1.29, 1.82) is 0 Å². The van der Waals surface area contributed by atoms with Crippen molar-refractivity contribution in [1.82, 2.24) is 9.88 Å². The number of hydrogen-bond donors (Lipinski definition) is 0. The van der Waals surface area contributed by atoms with E-state index in [2.05, 4.69) is 34.6 Å². The Morgan fingerprint density at radius 1 is 1.15 bits per heavy atom. The van der Waals surface area contributed by atoms with Crippen LogP contribution in [0.1, 0.15) is 49.3 Å². The molecule has 1 fully saturated rings. The van der Waals surface area contributed by atoms with E-state index < -0.39 is 5.92 Å². The second-order valence-corrected chi connectivity index (χ2v) is 9.75. The van der Waals surface area contributed by atoms with E-state index in [1.165, 1.54) is 12.2 Å². The number of likely N-dealkylation sites (tertiary alicyclic amines) is 1. The maximum atomic E-state index is 13.9. The molecule has 2 heterocycles. The lowest BCUT2D eigenvalue weighted by Crippen LogP contribution is -2.38. The van der Waals surface area contributed by atoms with Gasteiger partial charge in [0.25, 0.3) is 5.92 Å². The highest BCUT2D eigenvalue weighted by Crippen LogP contribution is 2.31. The van der Waals surface area contributed by atoms with E-state index in [1.807, 2.05) is 49.2 Å².